The maximum Gasteiger partial charge on any atom is 0.345 e. The van der Waals surface area contributed by atoms with Crippen molar-refractivity contribution in [3.8, 4) is 0 Å². The topological polar surface area (TPSA) is 83.1 Å². The Morgan fingerprint density at radius 2 is 1.95 bits per heavy atom. The Balaban J connectivity index is 1.91. The SMILES string of the molecule is O=c1nccc([C@@H]2CCCN2S(=O)(=O)C2CCCC2)[nH]1. The highest BCUT2D eigenvalue weighted by Gasteiger charge is 2.41. The third-order valence-electron chi connectivity index (χ3n) is 4.31. The average Bonchev–Trinajstić information content (AvgIpc) is 3.11. The van der Waals surface area contributed by atoms with Gasteiger partial charge in [0, 0.05) is 18.4 Å². The Hall–Kier alpha value is -1.21. The number of nitrogens with one attached hydrogen (secondary N) is 1. The van der Waals surface area contributed by atoms with Crippen molar-refractivity contribution in [2.24, 2.45) is 0 Å². The maximum atomic E-state index is 12.7. The number of sulfonamides is 1. The number of aromatic amines is 1. The van der Waals surface area contributed by atoms with E-state index >= 15 is 0 Å². The summed E-state index contributed by atoms with van der Waals surface area (Å²) in [6.45, 7) is 0.549. The summed E-state index contributed by atoms with van der Waals surface area (Å²) < 4.78 is 27.0. The molecule has 0 bridgehead atoms. The largest absolute Gasteiger partial charge is 0.345 e. The molecule has 110 valence electrons. The van der Waals surface area contributed by atoms with E-state index in [0.29, 0.717) is 12.2 Å². The second kappa shape index (κ2) is 5.29. The van der Waals surface area contributed by atoms with Gasteiger partial charge in [0.05, 0.1) is 11.3 Å². The molecule has 7 heteroatoms. The zero-order valence-corrected chi connectivity index (χ0v) is 12.1. The molecule has 0 aromatic carbocycles. The highest BCUT2D eigenvalue weighted by Crippen LogP contribution is 2.37. The zero-order valence-electron chi connectivity index (χ0n) is 11.3. The van der Waals surface area contributed by atoms with Crippen LogP contribution in [0.3, 0.4) is 0 Å². The molecule has 6 nitrogen and oxygen atoms in total. The minimum absolute atomic E-state index is 0.239. The average molecular weight is 297 g/mol. The highest BCUT2D eigenvalue weighted by molar-refractivity contribution is 7.89. The van der Waals surface area contributed by atoms with Crippen LogP contribution >= 0.6 is 0 Å². The maximum absolute atomic E-state index is 12.7. The van der Waals surface area contributed by atoms with Gasteiger partial charge in [0.25, 0.3) is 0 Å². The lowest BCUT2D eigenvalue weighted by molar-refractivity contribution is 0.382. The van der Waals surface area contributed by atoms with Crippen LogP contribution in [0.15, 0.2) is 17.1 Å². The first-order valence-corrected chi connectivity index (χ1v) is 8.65. The monoisotopic (exact) mass is 297 g/mol. The summed E-state index contributed by atoms with van der Waals surface area (Å²) in [5.41, 5.74) is 0.233. The van der Waals surface area contributed by atoms with E-state index in [1.807, 2.05) is 0 Å². The van der Waals surface area contributed by atoms with Gasteiger partial charge in [-0.05, 0) is 31.7 Å². The van der Waals surface area contributed by atoms with E-state index in [1.54, 1.807) is 10.4 Å². The van der Waals surface area contributed by atoms with Gasteiger partial charge < -0.3 is 4.98 Å². The Bertz CT molecular complexity index is 634. The summed E-state index contributed by atoms with van der Waals surface area (Å²) in [5, 5.41) is -0.239. The molecule has 2 fully saturated rings. The van der Waals surface area contributed by atoms with E-state index in [0.717, 1.165) is 38.5 Å². The second-order valence-electron chi connectivity index (χ2n) is 5.55. The molecule has 1 saturated heterocycles. The molecule has 1 aromatic rings. The Labute approximate surface area is 118 Å². The Morgan fingerprint density at radius 3 is 2.65 bits per heavy atom. The van der Waals surface area contributed by atoms with Crippen molar-refractivity contribution in [3.63, 3.8) is 0 Å². The quantitative estimate of drug-likeness (QED) is 0.908. The van der Waals surface area contributed by atoms with Crippen molar-refractivity contribution < 1.29 is 8.42 Å². The number of H-pyrrole nitrogens is 1. The van der Waals surface area contributed by atoms with Crippen molar-refractivity contribution in [2.75, 3.05) is 6.54 Å². The van der Waals surface area contributed by atoms with E-state index in [9.17, 15) is 13.2 Å². The minimum atomic E-state index is -3.26. The Morgan fingerprint density at radius 1 is 1.20 bits per heavy atom. The first kappa shape index (κ1) is 13.8. The molecule has 1 N–H and O–H groups in total. The van der Waals surface area contributed by atoms with Crippen LogP contribution in [0, 0.1) is 0 Å². The molecule has 3 rings (SSSR count). The van der Waals surface area contributed by atoms with Crippen molar-refractivity contribution in [3.05, 3.63) is 28.4 Å². The van der Waals surface area contributed by atoms with E-state index in [4.69, 9.17) is 0 Å². The van der Waals surface area contributed by atoms with Crippen LogP contribution < -0.4 is 5.69 Å². The molecule has 1 aromatic heterocycles. The minimum Gasteiger partial charge on any atom is -0.308 e. The molecular formula is C13H19N3O3S. The van der Waals surface area contributed by atoms with Gasteiger partial charge in [0.1, 0.15) is 0 Å². The van der Waals surface area contributed by atoms with E-state index < -0.39 is 15.7 Å². The van der Waals surface area contributed by atoms with E-state index in [1.165, 1.54) is 6.20 Å². The fourth-order valence-corrected chi connectivity index (χ4v) is 5.58. The van der Waals surface area contributed by atoms with Crippen LogP contribution in [-0.2, 0) is 10.0 Å². The summed E-state index contributed by atoms with van der Waals surface area (Å²) >= 11 is 0. The van der Waals surface area contributed by atoms with E-state index in [2.05, 4.69) is 9.97 Å². The highest BCUT2D eigenvalue weighted by atomic mass is 32.2. The number of hydrogen-bond acceptors (Lipinski definition) is 4. The van der Waals surface area contributed by atoms with Crippen LogP contribution in [0.25, 0.3) is 0 Å². The summed E-state index contributed by atoms with van der Waals surface area (Å²) in [6, 6.07) is 1.46. The van der Waals surface area contributed by atoms with Crippen molar-refractivity contribution in [1.82, 2.24) is 14.3 Å². The predicted octanol–water partition coefficient (Wildman–Crippen LogP) is 1.18. The summed E-state index contributed by atoms with van der Waals surface area (Å²) in [7, 11) is -3.26. The van der Waals surface area contributed by atoms with Crippen molar-refractivity contribution in [1.29, 1.82) is 0 Å². The lowest BCUT2D eigenvalue weighted by Gasteiger charge is -2.26. The number of rotatable bonds is 3. The fourth-order valence-electron chi connectivity index (χ4n) is 3.31. The number of hydrogen-bond donors (Lipinski definition) is 1. The fraction of sp³-hybridized carbons (Fsp3) is 0.692. The number of aromatic nitrogens is 2. The van der Waals surface area contributed by atoms with Crippen LogP contribution in [-0.4, -0.2) is 34.5 Å². The molecule has 0 amide bonds. The Kier molecular flexibility index (Phi) is 3.64. The van der Waals surface area contributed by atoms with Gasteiger partial charge in [-0.25, -0.2) is 18.2 Å². The summed E-state index contributed by atoms with van der Waals surface area (Å²) in [5.74, 6) is 0. The van der Waals surface area contributed by atoms with Crippen LogP contribution in [0.5, 0.6) is 0 Å². The van der Waals surface area contributed by atoms with Crippen LogP contribution in [0.1, 0.15) is 50.3 Å². The van der Waals surface area contributed by atoms with Crippen LogP contribution in [0.4, 0.5) is 0 Å². The third kappa shape index (κ3) is 2.40. The summed E-state index contributed by atoms with van der Waals surface area (Å²) in [4.78, 5) is 17.6. The van der Waals surface area contributed by atoms with E-state index in [-0.39, 0.29) is 11.3 Å². The summed E-state index contributed by atoms with van der Waals surface area (Å²) in [6.07, 6.45) is 6.54. The lowest BCUT2D eigenvalue weighted by Crippen LogP contribution is -2.37. The van der Waals surface area contributed by atoms with Crippen LogP contribution in [0.2, 0.25) is 0 Å². The molecule has 1 atom stereocenters. The van der Waals surface area contributed by atoms with Gasteiger partial charge in [-0.3, -0.25) is 0 Å². The predicted molar refractivity (Wildman–Crippen MR) is 74.7 cm³/mol. The van der Waals surface area contributed by atoms with Gasteiger partial charge in [0.2, 0.25) is 10.0 Å². The number of nitrogens with zero attached hydrogens (tertiary/aromatic N) is 2. The molecule has 0 unspecified atom stereocenters. The van der Waals surface area contributed by atoms with Crippen molar-refractivity contribution >= 4 is 10.0 Å². The molecule has 1 saturated carbocycles. The normalized spacial score (nSPS) is 25.3. The lowest BCUT2D eigenvalue weighted by atomic mass is 10.1. The third-order valence-corrected chi connectivity index (χ3v) is 6.71. The molecule has 20 heavy (non-hydrogen) atoms. The van der Waals surface area contributed by atoms with Gasteiger partial charge in [-0.2, -0.15) is 4.31 Å². The molecule has 1 aliphatic heterocycles. The molecule has 2 aliphatic rings. The smallest absolute Gasteiger partial charge is 0.308 e. The first-order chi connectivity index (χ1) is 9.59. The standard InChI is InChI=1S/C13H19N3O3S/c17-13-14-8-7-11(15-13)12-6-3-9-16(12)20(18,19)10-4-1-2-5-10/h7-8,10,12H,1-6,9H2,(H,14,15,17)/t12-/m0/s1. The zero-order chi connectivity index (χ0) is 14.2. The molecule has 0 radical (unpaired) electrons. The van der Waals surface area contributed by atoms with Gasteiger partial charge in [-0.15, -0.1) is 0 Å². The molecule has 2 heterocycles. The van der Waals surface area contributed by atoms with Crippen molar-refractivity contribution in [2.45, 2.75) is 49.8 Å². The second-order valence-corrected chi connectivity index (χ2v) is 7.72. The molecule has 0 spiro atoms. The first-order valence-electron chi connectivity index (χ1n) is 7.15. The van der Waals surface area contributed by atoms with Gasteiger partial charge >= 0.3 is 5.69 Å². The molecular weight excluding hydrogens is 278 g/mol. The van der Waals surface area contributed by atoms with Gasteiger partial charge in [-0.1, -0.05) is 12.8 Å². The van der Waals surface area contributed by atoms with Gasteiger partial charge in [0.15, 0.2) is 0 Å². The molecule has 1 aliphatic carbocycles.